The number of rotatable bonds is 3. The van der Waals surface area contributed by atoms with Crippen LogP contribution in [0, 0.1) is 12.7 Å². The number of nitrogens with zero attached hydrogens (tertiary/aromatic N) is 1. The zero-order chi connectivity index (χ0) is 13.1. The number of benzene rings is 1. The van der Waals surface area contributed by atoms with Crippen molar-refractivity contribution in [3.8, 4) is 0 Å². The number of halogens is 1. The highest BCUT2D eigenvalue weighted by Gasteiger charge is 2.32. The van der Waals surface area contributed by atoms with Crippen LogP contribution in [0.3, 0.4) is 0 Å². The van der Waals surface area contributed by atoms with Gasteiger partial charge >= 0.3 is 0 Å². The number of hydrogen-bond donors (Lipinski definition) is 1. The van der Waals surface area contributed by atoms with Gasteiger partial charge in [0.2, 0.25) is 0 Å². The third kappa shape index (κ3) is 2.71. The fourth-order valence-corrected chi connectivity index (χ4v) is 2.60. The van der Waals surface area contributed by atoms with E-state index in [4.69, 9.17) is 4.74 Å². The summed E-state index contributed by atoms with van der Waals surface area (Å²) < 4.78 is 19.3. The Labute approximate surface area is 108 Å². The van der Waals surface area contributed by atoms with Gasteiger partial charge in [0.05, 0.1) is 18.8 Å². The molecular formula is C14H21FN2O. The molecule has 0 spiro atoms. The van der Waals surface area contributed by atoms with E-state index in [2.05, 4.69) is 17.3 Å². The number of morpholine rings is 1. The molecule has 0 saturated carbocycles. The molecule has 1 heterocycles. The zero-order valence-electron chi connectivity index (χ0n) is 11.2. The summed E-state index contributed by atoms with van der Waals surface area (Å²) in [5, 5.41) is 3.15. The van der Waals surface area contributed by atoms with Gasteiger partial charge in [-0.15, -0.1) is 0 Å². The normalized spacial score (nSPS) is 25.3. The standard InChI is InChI=1S/C14H21FN2O/c1-10-4-5-11(15)8-12(10)14-13(9-16-2)18-7-6-17(14)3/h4-5,8,13-14,16H,6-7,9H2,1-3H3. The number of nitrogens with one attached hydrogen (secondary N) is 1. The maximum Gasteiger partial charge on any atom is 0.123 e. The third-order valence-electron chi connectivity index (χ3n) is 3.57. The van der Waals surface area contributed by atoms with Gasteiger partial charge in [0, 0.05) is 13.1 Å². The Morgan fingerprint density at radius 2 is 2.28 bits per heavy atom. The molecular weight excluding hydrogens is 231 g/mol. The molecule has 0 radical (unpaired) electrons. The highest BCUT2D eigenvalue weighted by Crippen LogP contribution is 2.30. The highest BCUT2D eigenvalue weighted by molar-refractivity contribution is 5.31. The Morgan fingerprint density at radius 3 is 3.00 bits per heavy atom. The summed E-state index contributed by atoms with van der Waals surface area (Å²) in [5.74, 6) is -0.183. The molecule has 2 atom stereocenters. The molecule has 4 heteroatoms. The van der Waals surface area contributed by atoms with E-state index in [9.17, 15) is 4.39 Å². The third-order valence-corrected chi connectivity index (χ3v) is 3.57. The van der Waals surface area contributed by atoms with E-state index < -0.39 is 0 Å². The second-order valence-electron chi connectivity index (χ2n) is 4.89. The van der Waals surface area contributed by atoms with Crippen LogP contribution in [0.1, 0.15) is 17.2 Å². The van der Waals surface area contributed by atoms with E-state index in [-0.39, 0.29) is 18.0 Å². The minimum absolute atomic E-state index is 0.0641. The van der Waals surface area contributed by atoms with Gasteiger partial charge in [0.15, 0.2) is 0 Å². The lowest BCUT2D eigenvalue weighted by Gasteiger charge is -2.40. The van der Waals surface area contributed by atoms with Gasteiger partial charge in [-0.2, -0.15) is 0 Å². The van der Waals surface area contributed by atoms with Gasteiger partial charge in [-0.05, 0) is 44.3 Å². The minimum atomic E-state index is -0.183. The van der Waals surface area contributed by atoms with E-state index >= 15 is 0 Å². The van der Waals surface area contributed by atoms with Crippen molar-refractivity contribution in [1.29, 1.82) is 0 Å². The van der Waals surface area contributed by atoms with Gasteiger partial charge in [-0.1, -0.05) is 6.07 Å². The summed E-state index contributed by atoms with van der Waals surface area (Å²) in [6, 6.07) is 5.09. The van der Waals surface area contributed by atoms with Crippen molar-refractivity contribution in [2.24, 2.45) is 0 Å². The predicted molar refractivity (Wildman–Crippen MR) is 70.2 cm³/mol. The molecule has 1 fully saturated rings. The number of hydrogen-bond acceptors (Lipinski definition) is 3. The smallest absolute Gasteiger partial charge is 0.123 e. The molecule has 2 unspecified atom stereocenters. The van der Waals surface area contributed by atoms with Gasteiger partial charge in [0.1, 0.15) is 5.82 Å². The summed E-state index contributed by atoms with van der Waals surface area (Å²) in [5.41, 5.74) is 2.14. The van der Waals surface area contributed by atoms with Crippen LogP contribution in [0.15, 0.2) is 18.2 Å². The molecule has 2 rings (SSSR count). The Kier molecular flexibility index (Phi) is 4.32. The molecule has 1 N–H and O–H groups in total. The van der Waals surface area contributed by atoms with Crippen molar-refractivity contribution in [3.05, 3.63) is 35.1 Å². The largest absolute Gasteiger partial charge is 0.374 e. The van der Waals surface area contributed by atoms with Gasteiger partial charge in [0.25, 0.3) is 0 Å². The Hall–Kier alpha value is -0.970. The van der Waals surface area contributed by atoms with Crippen LogP contribution in [-0.4, -0.2) is 44.8 Å². The summed E-state index contributed by atoms with van der Waals surface area (Å²) >= 11 is 0. The van der Waals surface area contributed by atoms with Crippen LogP contribution in [0.25, 0.3) is 0 Å². The van der Waals surface area contributed by atoms with Crippen LogP contribution in [0.4, 0.5) is 4.39 Å². The van der Waals surface area contributed by atoms with Gasteiger partial charge in [-0.25, -0.2) is 4.39 Å². The monoisotopic (exact) mass is 252 g/mol. The second kappa shape index (κ2) is 5.78. The van der Waals surface area contributed by atoms with Crippen molar-refractivity contribution in [1.82, 2.24) is 10.2 Å². The fraction of sp³-hybridized carbons (Fsp3) is 0.571. The van der Waals surface area contributed by atoms with E-state index in [1.54, 1.807) is 6.07 Å². The van der Waals surface area contributed by atoms with Crippen molar-refractivity contribution in [2.75, 3.05) is 33.8 Å². The Balaban J connectivity index is 2.33. The van der Waals surface area contributed by atoms with Gasteiger partial charge in [-0.3, -0.25) is 4.90 Å². The average Bonchev–Trinajstić information content (AvgIpc) is 2.34. The molecule has 0 amide bonds. The van der Waals surface area contributed by atoms with Crippen molar-refractivity contribution >= 4 is 0 Å². The first kappa shape index (κ1) is 13.5. The van der Waals surface area contributed by atoms with E-state index in [0.717, 1.165) is 30.8 Å². The Morgan fingerprint density at radius 1 is 1.50 bits per heavy atom. The van der Waals surface area contributed by atoms with Crippen molar-refractivity contribution in [3.63, 3.8) is 0 Å². The second-order valence-corrected chi connectivity index (χ2v) is 4.89. The summed E-state index contributed by atoms with van der Waals surface area (Å²) in [6.07, 6.45) is 0.0641. The molecule has 0 aromatic heterocycles. The lowest BCUT2D eigenvalue weighted by molar-refractivity contribution is -0.0609. The molecule has 18 heavy (non-hydrogen) atoms. The molecule has 0 bridgehead atoms. The van der Waals surface area contributed by atoms with Crippen LogP contribution in [0.5, 0.6) is 0 Å². The molecule has 1 saturated heterocycles. The maximum absolute atomic E-state index is 13.5. The van der Waals surface area contributed by atoms with Crippen LogP contribution < -0.4 is 5.32 Å². The number of aryl methyl sites for hydroxylation is 1. The molecule has 100 valence electrons. The average molecular weight is 252 g/mol. The molecule has 0 aliphatic carbocycles. The summed E-state index contributed by atoms with van der Waals surface area (Å²) in [6.45, 7) is 4.40. The van der Waals surface area contributed by atoms with Crippen molar-refractivity contribution in [2.45, 2.75) is 19.1 Å². The first-order valence-electron chi connectivity index (χ1n) is 6.36. The lowest BCUT2D eigenvalue weighted by atomic mass is 9.94. The molecule has 3 nitrogen and oxygen atoms in total. The Bertz CT molecular complexity index is 409. The van der Waals surface area contributed by atoms with E-state index in [1.165, 1.54) is 6.07 Å². The maximum atomic E-state index is 13.5. The molecule has 1 aliphatic rings. The van der Waals surface area contributed by atoms with Crippen LogP contribution in [0.2, 0.25) is 0 Å². The topological polar surface area (TPSA) is 24.5 Å². The highest BCUT2D eigenvalue weighted by atomic mass is 19.1. The molecule has 1 aliphatic heterocycles. The van der Waals surface area contributed by atoms with Crippen LogP contribution in [-0.2, 0) is 4.74 Å². The van der Waals surface area contributed by atoms with Gasteiger partial charge < -0.3 is 10.1 Å². The summed E-state index contributed by atoms with van der Waals surface area (Å²) in [4.78, 5) is 2.24. The predicted octanol–water partition coefficient (Wildman–Crippen LogP) is 1.73. The number of ether oxygens (including phenoxy) is 1. The SMILES string of the molecule is CNCC1OCCN(C)C1c1cc(F)ccc1C. The van der Waals surface area contributed by atoms with Crippen molar-refractivity contribution < 1.29 is 9.13 Å². The first-order chi connectivity index (χ1) is 8.63. The van der Waals surface area contributed by atoms with E-state index in [0.29, 0.717) is 0 Å². The first-order valence-corrected chi connectivity index (χ1v) is 6.36. The van der Waals surface area contributed by atoms with E-state index in [1.807, 2.05) is 20.0 Å². The number of likely N-dealkylation sites (N-methyl/N-ethyl adjacent to an activating group) is 2. The summed E-state index contributed by atoms with van der Waals surface area (Å²) in [7, 11) is 3.98. The minimum Gasteiger partial charge on any atom is -0.374 e. The zero-order valence-corrected chi connectivity index (χ0v) is 11.2. The quantitative estimate of drug-likeness (QED) is 0.886. The molecule has 1 aromatic rings. The molecule has 1 aromatic carbocycles. The lowest BCUT2D eigenvalue weighted by Crippen LogP contribution is -2.47. The fourth-order valence-electron chi connectivity index (χ4n) is 2.60. The van der Waals surface area contributed by atoms with Crippen LogP contribution >= 0.6 is 0 Å².